The van der Waals surface area contributed by atoms with Gasteiger partial charge in [-0.2, -0.15) is 0 Å². The molecule has 1 unspecified atom stereocenters. The number of nitrogens with zero attached hydrogens (tertiary/aromatic N) is 1. The molecule has 0 N–H and O–H groups in total. The van der Waals surface area contributed by atoms with E-state index < -0.39 is 8.32 Å². The van der Waals surface area contributed by atoms with Crippen LogP contribution in [0.1, 0.15) is 48.0 Å². The molecule has 0 rings (SSSR count). The molecule has 0 aliphatic rings. The Morgan fingerprint density at radius 1 is 1.10 bits per heavy atom. The lowest BCUT2D eigenvalue weighted by molar-refractivity contribution is -0.162. The van der Waals surface area contributed by atoms with E-state index in [4.69, 9.17) is 9.26 Å². The number of carbonyl (C=O) groups excluding carboxylic acids is 1. The van der Waals surface area contributed by atoms with Gasteiger partial charge >= 0.3 is 0 Å². The van der Waals surface area contributed by atoms with Crippen LogP contribution in [0.5, 0.6) is 0 Å². The van der Waals surface area contributed by atoms with Gasteiger partial charge in [0.15, 0.2) is 8.32 Å². The Labute approximate surface area is 180 Å². The fourth-order valence-electron chi connectivity index (χ4n) is 2.56. The fourth-order valence-corrected chi connectivity index (χ4v) is 4.04. The van der Waals surface area contributed by atoms with Gasteiger partial charge in [0.25, 0.3) is 5.91 Å². The standard InChI is InChI=1S/C24H43NO3Si/c1-11-12-13-14-17-20(2)23(28-29(9,10)24(4,5)6)21(3)18-15-16-19-22(26)25(7)27-8/h11-16,18-21,23H,17H2,1-10H3/b12-11+,14-13+,18-15+,19-16+/t20-,21?,23+/m1/s1. The lowest BCUT2D eigenvalue weighted by Gasteiger charge is -2.42. The van der Waals surface area contributed by atoms with Gasteiger partial charge in [0.2, 0.25) is 0 Å². The van der Waals surface area contributed by atoms with Crippen molar-refractivity contribution in [3.05, 3.63) is 48.6 Å². The normalized spacial score (nSPS) is 16.9. The van der Waals surface area contributed by atoms with Crippen LogP contribution >= 0.6 is 0 Å². The topological polar surface area (TPSA) is 38.8 Å². The van der Waals surface area contributed by atoms with Crippen LogP contribution in [-0.4, -0.2) is 39.5 Å². The van der Waals surface area contributed by atoms with Crippen LogP contribution in [0.15, 0.2) is 48.6 Å². The van der Waals surface area contributed by atoms with Crippen molar-refractivity contribution in [3.8, 4) is 0 Å². The van der Waals surface area contributed by atoms with E-state index in [-0.39, 0.29) is 23.0 Å². The molecule has 3 atom stereocenters. The first-order chi connectivity index (χ1) is 13.4. The summed E-state index contributed by atoms with van der Waals surface area (Å²) in [6.07, 6.45) is 16.8. The smallest absolute Gasteiger partial charge is 0.269 e. The molecule has 0 aromatic heterocycles. The Morgan fingerprint density at radius 3 is 2.24 bits per heavy atom. The molecular weight excluding hydrogens is 378 g/mol. The second kappa shape index (κ2) is 13.0. The first kappa shape index (κ1) is 27.6. The molecule has 0 aromatic rings. The third-order valence-corrected chi connectivity index (χ3v) is 10.1. The second-order valence-corrected chi connectivity index (χ2v) is 13.9. The maximum Gasteiger partial charge on any atom is 0.269 e. The highest BCUT2D eigenvalue weighted by Gasteiger charge is 2.40. The molecule has 0 heterocycles. The molecule has 0 spiro atoms. The van der Waals surface area contributed by atoms with Gasteiger partial charge in [-0.3, -0.25) is 9.63 Å². The number of hydrogen-bond donors (Lipinski definition) is 0. The van der Waals surface area contributed by atoms with Crippen molar-refractivity contribution >= 4 is 14.2 Å². The molecule has 0 fully saturated rings. The number of rotatable bonds is 11. The van der Waals surface area contributed by atoms with Crippen LogP contribution < -0.4 is 0 Å². The van der Waals surface area contributed by atoms with Crippen molar-refractivity contribution in [3.63, 3.8) is 0 Å². The Balaban J connectivity index is 5.37. The van der Waals surface area contributed by atoms with E-state index in [1.165, 1.54) is 18.2 Å². The van der Waals surface area contributed by atoms with Gasteiger partial charge in [-0.25, -0.2) is 5.06 Å². The van der Waals surface area contributed by atoms with Crippen molar-refractivity contribution < 1.29 is 14.1 Å². The quantitative estimate of drug-likeness (QED) is 0.170. The molecule has 0 aliphatic carbocycles. The molecule has 5 heteroatoms. The van der Waals surface area contributed by atoms with E-state index in [1.807, 2.05) is 19.1 Å². The van der Waals surface area contributed by atoms with Gasteiger partial charge in [-0.05, 0) is 43.3 Å². The summed E-state index contributed by atoms with van der Waals surface area (Å²) in [5.41, 5.74) is 0. The zero-order valence-corrected chi connectivity index (χ0v) is 21.2. The summed E-state index contributed by atoms with van der Waals surface area (Å²) >= 11 is 0. The monoisotopic (exact) mass is 421 g/mol. The Bertz CT molecular complexity index is 600. The molecule has 1 amide bonds. The van der Waals surface area contributed by atoms with Gasteiger partial charge < -0.3 is 4.43 Å². The highest BCUT2D eigenvalue weighted by molar-refractivity contribution is 6.74. The number of likely N-dealkylation sites (N-methyl/N-ethyl adjacent to an activating group) is 1. The van der Waals surface area contributed by atoms with Gasteiger partial charge in [0, 0.05) is 13.1 Å². The summed E-state index contributed by atoms with van der Waals surface area (Å²) < 4.78 is 6.83. The number of amides is 1. The lowest BCUT2D eigenvalue weighted by Crippen LogP contribution is -2.47. The van der Waals surface area contributed by atoms with Crippen LogP contribution in [0, 0.1) is 11.8 Å². The van der Waals surface area contributed by atoms with E-state index in [1.54, 1.807) is 13.1 Å². The van der Waals surface area contributed by atoms with Gasteiger partial charge in [-0.1, -0.05) is 77.2 Å². The van der Waals surface area contributed by atoms with Crippen molar-refractivity contribution in [2.45, 2.75) is 72.2 Å². The Kier molecular flexibility index (Phi) is 12.3. The molecular formula is C24H43NO3Si. The van der Waals surface area contributed by atoms with Crippen LogP contribution in [0.25, 0.3) is 0 Å². The molecule has 166 valence electrons. The van der Waals surface area contributed by atoms with E-state index in [9.17, 15) is 4.79 Å². The summed E-state index contributed by atoms with van der Waals surface area (Å²) in [6.45, 7) is 17.9. The van der Waals surface area contributed by atoms with E-state index in [0.29, 0.717) is 5.92 Å². The molecule has 0 saturated carbocycles. The third kappa shape index (κ3) is 10.2. The minimum atomic E-state index is -1.90. The summed E-state index contributed by atoms with van der Waals surface area (Å²) in [5, 5.41) is 1.35. The summed E-state index contributed by atoms with van der Waals surface area (Å²) in [5.74, 6) is 0.422. The molecule has 0 aliphatic heterocycles. The number of allylic oxidation sites excluding steroid dienone is 6. The van der Waals surface area contributed by atoms with Gasteiger partial charge in [-0.15, -0.1) is 0 Å². The largest absolute Gasteiger partial charge is 0.413 e. The predicted octanol–water partition coefficient (Wildman–Crippen LogP) is 6.30. The summed E-state index contributed by atoms with van der Waals surface area (Å²) in [6, 6.07) is 0. The molecule has 0 aromatic carbocycles. The van der Waals surface area contributed by atoms with E-state index in [0.717, 1.165) is 6.42 Å². The number of carbonyl (C=O) groups is 1. The first-order valence-electron chi connectivity index (χ1n) is 10.5. The van der Waals surface area contributed by atoms with Crippen molar-refractivity contribution in [2.75, 3.05) is 14.2 Å². The zero-order valence-electron chi connectivity index (χ0n) is 20.2. The minimum absolute atomic E-state index is 0.119. The molecule has 0 saturated heterocycles. The van der Waals surface area contributed by atoms with Crippen LogP contribution in [-0.2, 0) is 14.1 Å². The lowest BCUT2D eigenvalue weighted by atomic mass is 9.90. The van der Waals surface area contributed by atoms with Gasteiger partial charge in [0.05, 0.1) is 13.2 Å². The number of hydrogen-bond acceptors (Lipinski definition) is 3. The predicted molar refractivity (Wildman–Crippen MR) is 127 cm³/mol. The number of hydroxylamine groups is 2. The van der Waals surface area contributed by atoms with Gasteiger partial charge in [0.1, 0.15) is 0 Å². The Morgan fingerprint density at radius 2 is 1.72 bits per heavy atom. The maximum absolute atomic E-state index is 11.8. The Hall–Kier alpha value is -1.43. The van der Waals surface area contributed by atoms with E-state index >= 15 is 0 Å². The fraction of sp³-hybridized carbons (Fsp3) is 0.625. The van der Waals surface area contributed by atoms with Crippen molar-refractivity contribution in [1.82, 2.24) is 5.06 Å². The summed E-state index contributed by atoms with van der Waals surface area (Å²) in [7, 11) is 1.16. The zero-order chi connectivity index (χ0) is 22.7. The van der Waals surface area contributed by atoms with E-state index in [2.05, 4.69) is 72.0 Å². The second-order valence-electron chi connectivity index (χ2n) is 9.13. The van der Waals surface area contributed by atoms with Crippen LogP contribution in [0.3, 0.4) is 0 Å². The molecule has 4 nitrogen and oxygen atoms in total. The highest BCUT2D eigenvalue weighted by Crippen LogP contribution is 2.39. The minimum Gasteiger partial charge on any atom is -0.413 e. The third-order valence-electron chi connectivity index (χ3n) is 5.61. The average molecular weight is 422 g/mol. The molecule has 0 radical (unpaired) electrons. The highest BCUT2D eigenvalue weighted by atomic mass is 28.4. The molecule has 0 bridgehead atoms. The van der Waals surface area contributed by atoms with Crippen molar-refractivity contribution in [2.24, 2.45) is 11.8 Å². The average Bonchev–Trinajstić information content (AvgIpc) is 2.64. The van der Waals surface area contributed by atoms with Crippen molar-refractivity contribution in [1.29, 1.82) is 0 Å². The SMILES string of the molecule is C/C=C/C=C/C[C@@H](C)[C@H](O[Si](C)(C)C(C)(C)C)C(C)/C=C/C=C/C(=O)N(C)OC. The summed E-state index contributed by atoms with van der Waals surface area (Å²) in [4.78, 5) is 16.7. The maximum atomic E-state index is 11.8. The van der Waals surface area contributed by atoms with Crippen LogP contribution in [0.2, 0.25) is 18.1 Å². The molecule has 29 heavy (non-hydrogen) atoms. The first-order valence-corrected chi connectivity index (χ1v) is 13.4. The van der Waals surface area contributed by atoms with Crippen LogP contribution in [0.4, 0.5) is 0 Å².